The second-order valence-corrected chi connectivity index (χ2v) is 5.92. The third-order valence-electron chi connectivity index (χ3n) is 3.61. The first-order valence-electron chi connectivity index (χ1n) is 6.25. The Hall–Kier alpha value is -1.39. The number of carbonyl (C=O) groups is 2. The predicted molar refractivity (Wildman–Crippen MR) is 71.1 cm³/mol. The lowest BCUT2D eigenvalue weighted by molar-refractivity contribution is -0.131. The molecule has 0 saturated carbocycles. The molecule has 1 aliphatic rings. The van der Waals surface area contributed by atoms with Gasteiger partial charge in [-0.1, -0.05) is 20.8 Å². The minimum Gasteiger partial charge on any atom is -0.337 e. The highest BCUT2D eigenvalue weighted by molar-refractivity contribution is 6.39. The Bertz CT molecular complexity index is 382. The second kappa shape index (κ2) is 5.08. The van der Waals surface area contributed by atoms with E-state index >= 15 is 0 Å². The molecule has 0 aromatic heterocycles. The van der Waals surface area contributed by atoms with Gasteiger partial charge in [0.1, 0.15) is 5.71 Å². The molecule has 0 radical (unpaired) electrons. The topological polar surface area (TPSA) is 53.0 Å². The number of hydrogen-bond acceptors (Lipinski definition) is 3. The number of hydrazone groups is 1. The fraction of sp³-hybridized carbons (Fsp3) is 0.769. The van der Waals surface area contributed by atoms with Crippen molar-refractivity contribution in [1.29, 1.82) is 0 Å². The van der Waals surface area contributed by atoms with E-state index in [1.54, 1.807) is 19.0 Å². The lowest BCUT2D eigenvalue weighted by Gasteiger charge is -2.36. The van der Waals surface area contributed by atoms with E-state index in [1.807, 2.05) is 6.92 Å². The van der Waals surface area contributed by atoms with E-state index in [0.29, 0.717) is 18.6 Å². The van der Waals surface area contributed by atoms with E-state index in [4.69, 9.17) is 0 Å². The van der Waals surface area contributed by atoms with Gasteiger partial charge in [-0.25, -0.2) is 5.01 Å². The smallest absolute Gasteiger partial charge is 0.270 e. The van der Waals surface area contributed by atoms with Crippen molar-refractivity contribution in [2.75, 3.05) is 14.1 Å². The molecule has 0 saturated heterocycles. The summed E-state index contributed by atoms with van der Waals surface area (Å²) in [6.45, 7) is 8.31. The van der Waals surface area contributed by atoms with Crippen molar-refractivity contribution in [3.63, 3.8) is 0 Å². The molecule has 1 rings (SSSR count). The van der Waals surface area contributed by atoms with Crippen LogP contribution in [0.25, 0.3) is 0 Å². The van der Waals surface area contributed by atoms with Gasteiger partial charge in [0.25, 0.3) is 5.91 Å². The molecule has 0 spiro atoms. The maximum Gasteiger partial charge on any atom is 0.270 e. The molecule has 1 aliphatic heterocycles. The summed E-state index contributed by atoms with van der Waals surface area (Å²) < 4.78 is 0. The molecule has 0 N–H and O–H groups in total. The molecule has 0 aromatic rings. The number of carbonyl (C=O) groups excluding carboxylic acids is 2. The van der Waals surface area contributed by atoms with Crippen LogP contribution in [-0.4, -0.2) is 47.6 Å². The summed E-state index contributed by atoms with van der Waals surface area (Å²) in [7, 11) is 3.37. The van der Waals surface area contributed by atoms with Gasteiger partial charge in [0.05, 0.1) is 0 Å². The van der Waals surface area contributed by atoms with Gasteiger partial charge in [-0.3, -0.25) is 9.59 Å². The summed E-state index contributed by atoms with van der Waals surface area (Å²) in [5.41, 5.74) is 0.483. The van der Waals surface area contributed by atoms with Crippen LogP contribution in [0.3, 0.4) is 0 Å². The fourth-order valence-corrected chi connectivity index (χ4v) is 1.78. The average molecular weight is 253 g/mol. The Labute approximate surface area is 109 Å². The van der Waals surface area contributed by atoms with Gasteiger partial charge < -0.3 is 4.90 Å². The minimum atomic E-state index is -0.0863. The van der Waals surface area contributed by atoms with Gasteiger partial charge in [-0.15, -0.1) is 0 Å². The summed E-state index contributed by atoms with van der Waals surface area (Å²) in [5, 5.41) is 5.31. The largest absolute Gasteiger partial charge is 0.337 e. The zero-order valence-corrected chi connectivity index (χ0v) is 12.1. The maximum absolute atomic E-state index is 12.3. The van der Waals surface area contributed by atoms with Crippen LogP contribution >= 0.6 is 0 Å². The quantitative estimate of drug-likeness (QED) is 0.748. The van der Waals surface area contributed by atoms with Crippen molar-refractivity contribution >= 4 is 17.5 Å². The summed E-state index contributed by atoms with van der Waals surface area (Å²) in [4.78, 5) is 25.3. The second-order valence-electron chi connectivity index (χ2n) is 5.92. The van der Waals surface area contributed by atoms with E-state index in [2.05, 4.69) is 25.9 Å². The molecule has 0 fully saturated rings. The summed E-state index contributed by atoms with van der Waals surface area (Å²) in [6.07, 6.45) is 0.794. The molecule has 2 amide bonds. The van der Waals surface area contributed by atoms with Crippen LogP contribution in [0.5, 0.6) is 0 Å². The molecule has 0 aromatic carbocycles. The molecule has 0 bridgehead atoms. The highest BCUT2D eigenvalue weighted by Gasteiger charge is 2.31. The van der Waals surface area contributed by atoms with Crippen LogP contribution in [0.15, 0.2) is 5.10 Å². The van der Waals surface area contributed by atoms with Crippen LogP contribution in [0.1, 0.15) is 40.5 Å². The van der Waals surface area contributed by atoms with E-state index < -0.39 is 0 Å². The number of amides is 2. The SMILES string of the molecule is CC(N(C)C(=O)C1=NN(C)C(=O)CC1)C(C)(C)C. The third kappa shape index (κ3) is 3.09. The minimum absolute atomic E-state index is 0.0152. The van der Waals surface area contributed by atoms with Crippen molar-refractivity contribution in [2.45, 2.75) is 46.6 Å². The van der Waals surface area contributed by atoms with Gasteiger partial charge in [-0.2, -0.15) is 5.10 Å². The first-order valence-corrected chi connectivity index (χ1v) is 6.25. The highest BCUT2D eigenvalue weighted by Crippen LogP contribution is 2.23. The van der Waals surface area contributed by atoms with Gasteiger partial charge in [0.15, 0.2) is 0 Å². The zero-order chi connectivity index (χ0) is 14.1. The number of rotatable bonds is 2. The molecule has 5 nitrogen and oxygen atoms in total. The Morgan fingerprint density at radius 3 is 2.39 bits per heavy atom. The number of hydrogen-bond donors (Lipinski definition) is 0. The summed E-state index contributed by atoms with van der Waals surface area (Å²) in [6, 6.07) is 0.107. The predicted octanol–water partition coefficient (Wildman–Crippen LogP) is 1.49. The van der Waals surface area contributed by atoms with E-state index in [9.17, 15) is 9.59 Å². The summed E-state index contributed by atoms with van der Waals surface area (Å²) >= 11 is 0. The molecule has 0 aliphatic carbocycles. The Balaban J connectivity index is 2.82. The lowest BCUT2D eigenvalue weighted by atomic mass is 9.87. The van der Waals surface area contributed by atoms with Crippen LogP contribution in [0, 0.1) is 5.41 Å². The lowest BCUT2D eigenvalue weighted by Crippen LogP contribution is -2.47. The highest BCUT2D eigenvalue weighted by atomic mass is 16.2. The zero-order valence-electron chi connectivity index (χ0n) is 12.1. The molecular formula is C13H23N3O2. The summed E-state index contributed by atoms with van der Waals surface area (Å²) in [5.74, 6) is -0.130. The molecule has 1 atom stereocenters. The molecule has 18 heavy (non-hydrogen) atoms. The van der Waals surface area contributed by atoms with Crippen LogP contribution in [0.2, 0.25) is 0 Å². The van der Waals surface area contributed by atoms with Crippen LogP contribution in [0.4, 0.5) is 0 Å². The van der Waals surface area contributed by atoms with Gasteiger partial charge in [0.2, 0.25) is 5.91 Å². The van der Waals surface area contributed by atoms with Crippen molar-refractivity contribution in [3.05, 3.63) is 0 Å². The van der Waals surface area contributed by atoms with Gasteiger partial charge >= 0.3 is 0 Å². The molecular weight excluding hydrogens is 230 g/mol. The third-order valence-corrected chi connectivity index (χ3v) is 3.61. The van der Waals surface area contributed by atoms with Crippen molar-refractivity contribution < 1.29 is 9.59 Å². The average Bonchev–Trinajstić information content (AvgIpc) is 2.28. The first kappa shape index (κ1) is 14.7. The monoisotopic (exact) mass is 253 g/mol. The van der Waals surface area contributed by atoms with Gasteiger partial charge in [0, 0.05) is 33.0 Å². The normalized spacial score (nSPS) is 18.4. The van der Waals surface area contributed by atoms with Crippen molar-refractivity contribution in [2.24, 2.45) is 10.5 Å². The first-order chi connectivity index (χ1) is 8.14. The molecule has 1 unspecified atom stereocenters. The number of nitrogens with zero attached hydrogens (tertiary/aromatic N) is 3. The molecule has 5 heteroatoms. The van der Waals surface area contributed by atoms with Crippen molar-refractivity contribution in [1.82, 2.24) is 9.91 Å². The fourth-order valence-electron chi connectivity index (χ4n) is 1.78. The van der Waals surface area contributed by atoms with Crippen LogP contribution < -0.4 is 0 Å². The Morgan fingerprint density at radius 2 is 1.94 bits per heavy atom. The van der Waals surface area contributed by atoms with E-state index in [1.165, 1.54) is 5.01 Å². The maximum atomic E-state index is 12.3. The standard InChI is InChI=1S/C13H23N3O2/c1-9(13(2,3)4)15(5)12(18)10-7-8-11(17)16(6)14-10/h9H,7-8H2,1-6H3. The molecule has 102 valence electrons. The molecule has 1 heterocycles. The van der Waals surface area contributed by atoms with E-state index in [0.717, 1.165) is 0 Å². The van der Waals surface area contributed by atoms with E-state index in [-0.39, 0.29) is 23.3 Å². The Morgan fingerprint density at radius 1 is 1.39 bits per heavy atom. The van der Waals surface area contributed by atoms with Crippen LogP contribution in [-0.2, 0) is 9.59 Å². The Kier molecular flexibility index (Phi) is 4.14. The van der Waals surface area contributed by atoms with Gasteiger partial charge in [-0.05, 0) is 12.3 Å². The van der Waals surface area contributed by atoms with Crippen molar-refractivity contribution in [3.8, 4) is 0 Å².